The van der Waals surface area contributed by atoms with Gasteiger partial charge in [0.25, 0.3) is 0 Å². The minimum atomic E-state index is 0.583. The Balaban J connectivity index is 2.95. The standard InChI is InChI=1S/C6H9ClO/c1-2-8-6-4-3-5-7/h2-3,5H2,1H3. The van der Waals surface area contributed by atoms with Crippen molar-refractivity contribution >= 4 is 11.6 Å². The minimum absolute atomic E-state index is 0.583. The maximum Gasteiger partial charge on any atom is 0.110 e. The van der Waals surface area contributed by atoms with Crippen molar-refractivity contribution in [3.05, 3.63) is 0 Å². The van der Waals surface area contributed by atoms with E-state index in [1.54, 1.807) is 0 Å². The summed E-state index contributed by atoms with van der Waals surface area (Å²) in [4.78, 5) is 0. The van der Waals surface area contributed by atoms with Gasteiger partial charge in [-0.15, -0.1) is 11.6 Å². The lowest BCUT2D eigenvalue weighted by molar-refractivity contribution is 0.298. The lowest BCUT2D eigenvalue weighted by Gasteiger charge is -1.83. The predicted molar refractivity (Wildman–Crippen MR) is 34.7 cm³/mol. The smallest absolute Gasteiger partial charge is 0.110 e. The summed E-state index contributed by atoms with van der Waals surface area (Å²) in [6.07, 6.45) is 3.21. The monoisotopic (exact) mass is 132 g/mol. The zero-order chi connectivity index (χ0) is 6.24. The molecule has 0 aliphatic heterocycles. The molecule has 0 fully saturated rings. The van der Waals surface area contributed by atoms with Crippen molar-refractivity contribution < 1.29 is 4.74 Å². The summed E-state index contributed by atoms with van der Waals surface area (Å²) in [7, 11) is 0. The van der Waals surface area contributed by atoms with Gasteiger partial charge in [0.15, 0.2) is 0 Å². The molecule has 8 heavy (non-hydrogen) atoms. The van der Waals surface area contributed by atoms with Crippen LogP contribution in [0.15, 0.2) is 0 Å². The van der Waals surface area contributed by atoms with E-state index in [1.807, 2.05) is 6.92 Å². The van der Waals surface area contributed by atoms with E-state index in [-0.39, 0.29) is 0 Å². The fourth-order valence-corrected chi connectivity index (χ4v) is 0.316. The highest BCUT2D eigenvalue weighted by atomic mass is 35.5. The highest BCUT2D eigenvalue weighted by molar-refractivity contribution is 6.17. The molecule has 0 atom stereocenters. The molecule has 0 N–H and O–H groups in total. The Morgan fingerprint density at radius 2 is 2.38 bits per heavy atom. The summed E-state index contributed by atoms with van der Waals surface area (Å²) < 4.78 is 4.72. The average Bonchev–Trinajstić information content (AvgIpc) is 1.81. The molecule has 0 aromatic rings. The van der Waals surface area contributed by atoms with E-state index in [0.29, 0.717) is 18.9 Å². The van der Waals surface area contributed by atoms with Crippen LogP contribution < -0.4 is 0 Å². The molecule has 0 aliphatic carbocycles. The molecule has 0 radical (unpaired) electrons. The van der Waals surface area contributed by atoms with Gasteiger partial charge >= 0.3 is 0 Å². The molecule has 0 amide bonds. The maximum atomic E-state index is 5.32. The van der Waals surface area contributed by atoms with Crippen LogP contribution in [-0.2, 0) is 4.74 Å². The molecule has 2 heteroatoms. The van der Waals surface area contributed by atoms with E-state index in [1.165, 1.54) is 0 Å². The summed E-state index contributed by atoms with van der Waals surface area (Å²) in [5, 5.41) is 0. The second-order valence-corrected chi connectivity index (χ2v) is 1.53. The minimum Gasteiger partial charge on any atom is -0.447 e. The van der Waals surface area contributed by atoms with E-state index in [9.17, 15) is 0 Å². The molecule has 0 aliphatic rings. The van der Waals surface area contributed by atoms with Crippen LogP contribution in [0.25, 0.3) is 0 Å². The summed E-state index contributed by atoms with van der Waals surface area (Å²) in [6, 6.07) is 0. The van der Waals surface area contributed by atoms with Gasteiger partial charge in [0.1, 0.15) is 6.11 Å². The van der Waals surface area contributed by atoms with Crippen LogP contribution in [0, 0.1) is 12.0 Å². The van der Waals surface area contributed by atoms with Crippen LogP contribution in [-0.4, -0.2) is 12.5 Å². The first kappa shape index (κ1) is 7.65. The maximum absolute atomic E-state index is 5.32. The third-order valence-electron chi connectivity index (χ3n) is 0.508. The van der Waals surface area contributed by atoms with Crippen molar-refractivity contribution in [2.75, 3.05) is 12.5 Å². The van der Waals surface area contributed by atoms with Gasteiger partial charge in [0, 0.05) is 12.3 Å². The molecule has 0 rings (SSSR count). The highest BCUT2D eigenvalue weighted by Gasteiger charge is 1.70. The van der Waals surface area contributed by atoms with Crippen LogP contribution >= 0.6 is 11.6 Å². The molecule has 0 spiro atoms. The van der Waals surface area contributed by atoms with Crippen LogP contribution in [0.1, 0.15) is 13.3 Å². The fourth-order valence-electron chi connectivity index (χ4n) is 0.221. The van der Waals surface area contributed by atoms with Gasteiger partial charge in [-0.2, -0.15) is 0 Å². The van der Waals surface area contributed by atoms with Crippen molar-refractivity contribution in [3.8, 4) is 12.0 Å². The van der Waals surface area contributed by atoms with Crippen molar-refractivity contribution in [1.29, 1.82) is 0 Å². The first-order valence-corrected chi connectivity index (χ1v) is 3.11. The number of ether oxygens (including phenoxy) is 1. The van der Waals surface area contributed by atoms with Gasteiger partial charge in [-0.1, -0.05) is 5.92 Å². The predicted octanol–water partition coefficient (Wildman–Crippen LogP) is 1.61. The summed E-state index contributed by atoms with van der Waals surface area (Å²) in [5.74, 6) is 3.32. The number of halogens is 1. The molecule has 0 unspecified atom stereocenters. The number of rotatable bonds is 2. The van der Waals surface area contributed by atoms with E-state index in [4.69, 9.17) is 16.3 Å². The molecule has 0 heterocycles. The zero-order valence-electron chi connectivity index (χ0n) is 4.91. The molecule has 46 valence electrons. The van der Waals surface area contributed by atoms with E-state index >= 15 is 0 Å². The quantitative estimate of drug-likeness (QED) is 0.410. The summed E-state index contributed by atoms with van der Waals surface area (Å²) in [5.41, 5.74) is 0. The van der Waals surface area contributed by atoms with Crippen LogP contribution in [0.4, 0.5) is 0 Å². The Bertz CT molecular complexity index is 80.4. The SMILES string of the molecule is CCOC#CCCCl. The lowest BCUT2D eigenvalue weighted by atomic mass is 10.5. The number of hydrogen-bond acceptors (Lipinski definition) is 1. The first-order chi connectivity index (χ1) is 3.91. The average molecular weight is 133 g/mol. The van der Waals surface area contributed by atoms with Gasteiger partial charge in [0.05, 0.1) is 6.61 Å². The Labute approximate surface area is 55.0 Å². The molecule has 0 saturated carbocycles. The Hall–Kier alpha value is -0.350. The van der Waals surface area contributed by atoms with Gasteiger partial charge < -0.3 is 4.74 Å². The Kier molecular flexibility index (Phi) is 6.36. The molecular weight excluding hydrogens is 124 g/mol. The molecule has 0 aromatic heterocycles. The van der Waals surface area contributed by atoms with Gasteiger partial charge in [0.2, 0.25) is 0 Å². The first-order valence-electron chi connectivity index (χ1n) is 2.57. The van der Waals surface area contributed by atoms with E-state index in [2.05, 4.69) is 12.0 Å². The van der Waals surface area contributed by atoms with Gasteiger partial charge in [-0.3, -0.25) is 0 Å². The zero-order valence-corrected chi connectivity index (χ0v) is 5.66. The van der Waals surface area contributed by atoms with Gasteiger partial charge in [-0.25, -0.2) is 0 Å². The molecule has 0 saturated heterocycles. The van der Waals surface area contributed by atoms with E-state index < -0.39 is 0 Å². The molecule has 0 aromatic carbocycles. The third kappa shape index (κ3) is 5.65. The lowest BCUT2D eigenvalue weighted by Crippen LogP contribution is -1.77. The summed E-state index contributed by atoms with van der Waals surface area (Å²) >= 11 is 5.32. The summed E-state index contributed by atoms with van der Waals surface area (Å²) in [6.45, 7) is 2.55. The second-order valence-electron chi connectivity index (χ2n) is 1.15. The fraction of sp³-hybridized carbons (Fsp3) is 0.667. The van der Waals surface area contributed by atoms with Crippen LogP contribution in [0.3, 0.4) is 0 Å². The third-order valence-corrected chi connectivity index (χ3v) is 0.697. The van der Waals surface area contributed by atoms with Crippen molar-refractivity contribution in [3.63, 3.8) is 0 Å². The largest absolute Gasteiger partial charge is 0.447 e. The molecular formula is C6H9ClO. The Morgan fingerprint density at radius 3 is 2.88 bits per heavy atom. The van der Waals surface area contributed by atoms with Crippen molar-refractivity contribution in [2.45, 2.75) is 13.3 Å². The van der Waals surface area contributed by atoms with Crippen LogP contribution in [0.2, 0.25) is 0 Å². The normalized spacial score (nSPS) is 7.25. The van der Waals surface area contributed by atoms with Crippen molar-refractivity contribution in [1.82, 2.24) is 0 Å². The second kappa shape index (κ2) is 6.65. The van der Waals surface area contributed by atoms with Crippen molar-refractivity contribution in [2.24, 2.45) is 0 Å². The van der Waals surface area contributed by atoms with Crippen LogP contribution in [0.5, 0.6) is 0 Å². The Morgan fingerprint density at radius 1 is 1.62 bits per heavy atom. The molecule has 1 nitrogen and oxygen atoms in total. The van der Waals surface area contributed by atoms with E-state index in [0.717, 1.165) is 0 Å². The molecule has 0 bridgehead atoms. The topological polar surface area (TPSA) is 9.23 Å². The number of hydrogen-bond donors (Lipinski definition) is 0. The highest BCUT2D eigenvalue weighted by Crippen LogP contribution is 1.79. The number of alkyl halides is 1. The van der Waals surface area contributed by atoms with Gasteiger partial charge in [-0.05, 0) is 6.92 Å².